The van der Waals surface area contributed by atoms with E-state index in [2.05, 4.69) is 15.6 Å². The third-order valence-electron chi connectivity index (χ3n) is 3.23. The molecule has 0 aliphatic rings. The molecule has 3 N–H and O–H groups in total. The van der Waals surface area contributed by atoms with E-state index in [4.69, 9.17) is 5.73 Å². The van der Waals surface area contributed by atoms with Crippen LogP contribution in [0, 0.1) is 13.8 Å². The van der Waals surface area contributed by atoms with Gasteiger partial charge in [0.05, 0.1) is 5.69 Å². The summed E-state index contributed by atoms with van der Waals surface area (Å²) in [5, 5.41) is 10.3. The van der Waals surface area contributed by atoms with E-state index in [0.717, 1.165) is 5.56 Å². The number of aromatic nitrogens is 3. The molecule has 21 heavy (non-hydrogen) atoms. The Morgan fingerprint density at radius 3 is 2.38 bits per heavy atom. The zero-order valence-electron chi connectivity index (χ0n) is 12.1. The number of nitrogens with two attached hydrogens (primary N) is 1. The maximum absolute atomic E-state index is 12.2. The summed E-state index contributed by atoms with van der Waals surface area (Å²) in [5.74, 6) is -0.909. The Morgan fingerprint density at radius 1 is 1.24 bits per heavy atom. The van der Waals surface area contributed by atoms with E-state index >= 15 is 0 Å². The SMILES string of the molecule is Cc1ccc(NC(=O)C(C)n2nnc(C(N)=O)c2C)cc1. The van der Waals surface area contributed by atoms with Gasteiger partial charge in [0, 0.05) is 5.69 Å². The van der Waals surface area contributed by atoms with Gasteiger partial charge in [-0.3, -0.25) is 9.59 Å². The van der Waals surface area contributed by atoms with Crippen molar-refractivity contribution in [3.8, 4) is 0 Å². The maximum Gasteiger partial charge on any atom is 0.271 e. The molecule has 0 aliphatic heterocycles. The first-order chi connectivity index (χ1) is 9.90. The predicted octanol–water partition coefficient (Wildman–Crippen LogP) is 1.19. The first kappa shape index (κ1) is 14.7. The van der Waals surface area contributed by atoms with Crippen LogP contribution in [0.1, 0.15) is 34.7 Å². The van der Waals surface area contributed by atoms with E-state index in [0.29, 0.717) is 11.4 Å². The number of benzene rings is 1. The number of carbonyl (C=O) groups excluding carboxylic acids is 2. The Balaban J connectivity index is 2.16. The van der Waals surface area contributed by atoms with Gasteiger partial charge in [-0.15, -0.1) is 5.10 Å². The minimum Gasteiger partial charge on any atom is -0.364 e. The average Bonchev–Trinajstić information content (AvgIpc) is 2.82. The monoisotopic (exact) mass is 287 g/mol. The Kier molecular flexibility index (Phi) is 4.02. The van der Waals surface area contributed by atoms with Gasteiger partial charge in [0.15, 0.2) is 5.69 Å². The number of rotatable bonds is 4. The molecule has 110 valence electrons. The minimum absolute atomic E-state index is 0.0741. The van der Waals surface area contributed by atoms with Gasteiger partial charge in [0.1, 0.15) is 6.04 Å². The van der Waals surface area contributed by atoms with E-state index in [1.807, 2.05) is 31.2 Å². The lowest BCUT2D eigenvalue weighted by atomic mass is 10.2. The van der Waals surface area contributed by atoms with Crippen LogP contribution in [0.3, 0.4) is 0 Å². The molecule has 1 heterocycles. The highest BCUT2D eigenvalue weighted by atomic mass is 16.2. The van der Waals surface area contributed by atoms with E-state index in [1.54, 1.807) is 13.8 Å². The smallest absolute Gasteiger partial charge is 0.271 e. The molecule has 1 unspecified atom stereocenters. The van der Waals surface area contributed by atoms with Crippen LogP contribution in [-0.2, 0) is 4.79 Å². The molecule has 2 amide bonds. The van der Waals surface area contributed by atoms with Crippen molar-refractivity contribution in [2.45, 2.75) is 26.8 Å². The lowest BCUT2D eigenvalue weighted by molar-refractivity contribution is -0.119. The van der Waals surface area contributed by atoms with Gasteiger partial charge in [-0.05, 0) is 32.9 Å². The first-order valence-electron chi connectivity index (χ1n) is 6.49. The Bertz CT molecular complexity index is 675. The second-order valence-corrected chi connectivity index (χ2v) is 4.86. The molecule has 0 aliphatic carbocycles. The van der Waals surface area contributed by atoms with Crippen molar-refractivity contribution in [2.75, 3.05) is 5.32 Å². The third-order valence-corrected chi connectivity index (χ3v) is 3.23. The number of primary amides is 1. The largest absolute Gasteiger partial charge is 0.364 e. The molecular formula is C14H17N5O2. The zero-order valence-corrected chi connectivity index (χ0v) is 12.1. The van der Waals surface area contributed by atoms with Crippen LogP contribution in [0.4, 0.5) is 5.69 Å². The average molecular weight is 287 g/mol. The number of nitrogens with zero attached hydrogens (tertiary/aromatic N) is 3. The van der Waals surface area contributed by atoms with Crippen molar-refractivity contribution < 1.29 is 9.59 Å². The fourth-order valence-corrected chi connectivity index (χ4v) is 1.93. The molecule has 7 nitrogen and oxygen atoms in total. The molecule has 2 rings (SSSR count). The van der Waals surface area contributed by atoms with Crippen LogP contribution in [0.2, 0.25) is 0 Å². The van der Waals surface area contributed by atoms with Gasteiger partial charge in [-0.1, -0.05) is 22.9 Å². The van der Waals surface area contributed by atoms with E-state index in [-0.39, 0.29) is 11.6 Å². The topological polar surface area (TPSA) is 103 Å². The highest BCUT2D eigenvalue weighted by Gasteiger charge is 2.22. The number of amides is 2. The molecule has 1 aromatic carbocycles. The molecule has 1 aromatic heterocycles. The number of nitrogens with one attached hydrogen (secondary N) is 1. The number of aryl methyl sites for hydroxylation is 1. The number of carbonyl (C=O) groups is 2. The summed E-state index contributed by atoms with van der Waals surface area (Å²) >= 11 is 0. The van der Waals surface area contributed by atoms with Gasteiger partial charge < -0.3 is 11.1 Å². The van der Waals surface area contributed by atoms with Crippen LogP contribution < -0.4 is 11.1 Å². The quantitative estimate of drug-likeness (QED) is 0.881. The van der Waals surface area contributed by atoms with Crippen molar-refractivity contribution in [3.05, 3.63) is 41.2 Å². The van der Waals surface area contributed by atoms with Crippen molar-refractivity contribution >= 4 is 17.5 Å². The normalized spacial score (nSPS) is 12.0. The fraction of sp³-hybridized carbons (Fsp3) is 0.286. The lowest BCUT2D eigenvalue weighted by Crippen LogP contribution is -2.25. The molecule has 2 aromatic rings. The first-order valence-corrected chi connectivity index (χ1v) is 6.49. The number of hydrogen-bond donors (Lipinski definition) is 2. The van der Waals surface area contributed by atoms with Crippen LogP contribution in [0.5, 0.6) is 0 Å². The maximum atomic E-state index is 12.2. The summed E-state index contributed by atoms with van der Waals surface area (Å²) in [4.78, 5) is 23.4. The second-order valence-electron chi connectivity index (χ2n) is 4.86. The second kappa shape index (κ2) is 5.74. The molecule has 0 fully saturated rings. The predicted molar refractivity (Wildman–Crippen MR) is 77.8 cm³/mol. The van der Waals surface area contributed by atoms with Crippen molar-refractivity contribution in [1.82, 2.24) is 15.0 Å². The number of hydrogen-bond acceptors (Lipinski definition) is 4. The Morgan fingerprint density at radius 2 is 1.86 bits per heavy atom. The zero-order chi connectivity index (χ0) is 15.6. The van der Waals surface area contributed by atoms with Gasteiger partial charge in [-0.25, -0.2) is 4.68 Å². The molecule has 0 saturated heterocycles. The Hall–Kier alpha value is -2.70. The van der Waals surface area contributed by atoms with Gasteiger partial charge >= 0.3 is 0 Å². The molecule has 0 saturated carbocycles. The molecular weight excluding hydrogens is 270 g/mol. The standard InChI is InChI=1S/C14H17N5O2/c1-8-4-6-11(7-5-8)16-14(21)10(3)19-9(2)12(13(15)20)17-18-19/h4-7,10H,1-3H3,(H2,15,20)(H,16,21). The summed E-state index contributed by atoms with van der Waals surface area (Å²) in [6.07, 6.45) is 0. The summed E-state index contributed by atoms with van der Waals surface area (Å²) in [5.41, 5.74) is 7.54. The van der Waals surface area contributed by atoms with Gasteiger partial charge in [0.25, 0.3) is 5.91 Å². The van der Waals surface area contributed by atoms with E-state index in [1.165, 1.54) is 4.68 Å². The highest BCUT2D eigenvalue weighted by Crippen LogP contribution is 2.15. The molecule has 0 spiro atoms. The highest BCUT2D eigenvalue weighted by molar-refractivity contribution is 5.94. The number of anilines is 1. The minimum atomic E-state index is -0.662. The van der Waals surface area contributed by atoms with Crippen LogP contribution >= 0.6 is 0 Å². The van der Waals surface area contributed by atoms with Crippen LogP contribution in [0.25, 0.3) is 0 Å². The van der Waals surface area contributed by atoms with Crippen LogP contribution in [0.15, 0.2) is 24.3 Å². The lowest BCUT2D eigenvalue weighted by Gasteiger charge is -2.13. The van der Waals surface area contributed by atoms with Crippen molar-refractivity contribution in [1.29, 1.82) is 0 Å². The van der Waals surface area contributed by atoms with Gasteiger partial charge in [-0.2, -0.15) is 0 Å². The molecule has 0 radical (unpaired) electrons. The van der Waals surface area contributed by atoms with Crippen molar-refractivity contribution in [2.24, 2.45) is 5.73 Å². The molecule has 7 heteroatoms. The summed E-state index contributed by atoms with van der Waals surface area (Å²) < 4.78 is 1.38. The third kappa shape index (κ3) is 3.07. The summed E-state index contributed by atoms with van der Waals surface area (Å²) in [6, 6.07) is 6.86. The van der Waals surface area contributed by atoms with Crippen LogP contribution in [-0.4, -0.2) is 26.8 Å². The molecule has 1 atom stereocenters. The Labute approximate surface area is 122 Å². The summed E-state index contributed by atoms with van der Waals surface area (Å²) in [6.45, 7) is 5.30. The van der Waals surface area contributed by atoms with Crippen molar-refractivity contribution in [3.63, 3.8) is 0 Å². The van der Waals surface area contributed by atoms with E-state index in [9.17, 15) is 9.59 Å². The summed E-state index contributed by atoms with van der Waals surface area (Å²) in [7, 11) is 0. The van der Waals surface area contributed by atoms with Gasteiger partial charge in [0.2, 0.25) is 5.91 Å². The van der Waals surface area contributed by atoms with E-state index < -0.39 is 11.9 Å². The molecule has 0 bridgehead atoms. The fourth-order valence-electron chi connectivity index (χ4n) is 1.93.